The van der Waals surface area contributed by atoms with Crippen molar-refractivity contribution in [3.8, 4) is 5.75 Å². The summed E-state index contributed by atoms with van der Waals surface area (Å²) in [5.74, 6) is -0.144. The Kier molecular flexibility index (Phi) is 4.61. The van der Waals surface area contributed by atoms with Crippen LogP contribution in [0.2, 0.25) is 0 Å². The molecule has 0 bridgehead atoms. The summed E-state index contributed by atoms with van der Waals surface area (Å²) in [5, 5.41) is 4.56. The summed E-state index contributed by atoms with van der Waals surface area (Å²) in [6.45, 7) is 0.303. The van der Waals surface area contributed by atoms with E-state index in [9.17, 15) is 14.0 Å². The van der Waals surface area contributed by atoms with Gasteiger partial charge in [-0.2, -0.15) is 0 Å². The highest BCUT2D eigenvalue weighted by atomic mass is 79.9. The van der Waals surface area contributed by atoms with Crippen molar-refractivity contribution in [3.63, 3.8) is 0 Å². The minimum atomic E-state index is -0.537. The molecule has 2 N–H and O–H groups in total. The van der Waals surface area contributed by atoms with Gasteiger partial charge >= 0.3 is 6.03 Å². The van der Waals surface area contributed by atoms with Crippen molar-refractivity contribution in [2.45, 2.75) is 6.61 Å². The van der Waals surface area contributed by atoms with Gasteiger partial charge < -0.3 is 10.1 Å². The van der Waals surface area contributed by atoms with Gasteiger partial charge in [-0.1, -0.05) is 18.2 Å². The van der Waals surface area contributed by atoms with E-state index < -0.39 is 11.9 Å². The van der Waals surface area contributed by atoms with Crippen LogP contribution < -0.4 is 15.4 Å². The van der Waals surface area contributed by atoms with Crippen molar-refractivity contribution in [1.82, 2.24) is 10.6 Å². The van der Waals surface area contributed by atoms with Crippen molar-refractivity contribution < 1.29 is 18.7 Å². The molecular weight excluding hydrogens is 379 g/mol. The number of hydrogen-bond acceptors (Lipinski definition) is 3. The maximum Gasteiger partial charge on any atom is 0.326 e. The third kappa shape index (κ3) is 3.80. The molecule has 0 aromatic heterocycles. The largest absolute Gasteiger partial charge is 0.488 e. The molecule has 0 radical (unpaired) electrons. The lowest BCUT2D eigenvalue weighted by molar-refractivity contribution is -0.115. The van der Waals surface area contributed by atoms with E-state index >= 15 is 0 Å². The Bertz CT molecular complexity index is 834. The van der Waals surface area contributed by atoms with Crippen molar-refractivity contribution in [2.24, 2.45) is 0 Å². The molecular formula is C17H12BrFN2O3. The Balaban J connectivity index is 1.70. The highest BCUT2D eigenvalue weighted by Gasteiger charge is 2.22. The van der Waals surface area contributed by atoms with Gasteiger partial charge in [-0.25, -0.2) is 9.18 Å². The molecule has 1 aliphatic rings. The third-order valence-electron chi connectivity index (χ3n) is 3.29. The highest BCUT2D eigenvalue weighted by Crippen LogP contribution is 2.27. The first kappa shape index (κ1) is 16.2. The number of halogens is 2. The van der Waals surface area contributed by atoms with Gasteiger partial charge in [0.1, 0.15) is 23.9 Å². The molecule has 122 valence electrons. The monoisotopic (exact) mass is 390 g/mol. The summed E-state index contributed by atoms with van der Waals surface area (Å²) in [6, 6.07) is 10.8. The molecule has 1 fully saturated rings. The molecule has 3 rings (SSSR count). The number of urea groups is 1. The quantitative estimate of drug-likeness (QED) is 0.621. The molecule has 3 amide bonds. The van der Waals surface area contributed by atoms with Gasteiger partial charge in [0, 0.05) is 0 Å². The Labute approximate surface area is 145 Å². The van der Waals surface area contributed by atoms with Gasteiger partial charge in [-0.15, -0.1) is 0 Å². The molecule has 0 atom stereocenters. The summed E-state index contributed by atoms with van der Waals surface area (Å²) < 4.78 is 19.3. The predicted octanol–water partition coefficient (Wildman–Crippen LogP) is 3.35. The number of carbonyl (C=O) groups excluding carboxylic acids is 2. The van der Waals surface area contributed by atoms with Crippen molar-refractivity contribution in [2.75, 3.05) is 0 Å². The lowest BCUT2D eigenvalue weighted by Crippen LogP contribution is -2.22. The van der Waals surface area contributed by atoms with Crippen molar-refractivity contribution in [3.05, 3.63) is 69.6 Å². The molecule has 1 saturated heterocycles. The summed E-state index contributed by atoms with van der Waals surface area (Å²) in [4.78, 5) is 22.6. The number of carbonyl (C=O) groups is 2. The van der Waals surface area contributed by atoms with E-state index in [0.29, 0.717) is 16.8 Å². The first-order chi connectivity index (χ1) is 11.5. The van der Waals surface area contributed by atoms with Crippen LogP contribution in [-0.2, 0) is 11.4 Å². The number of rotatable bonds is 4. The second kappa shape index (κ2) is 6.84. The van der Waals surface area contributed by atoms with E-state index in [4.69, 9.17) is 4.74 Å². The zero-order valence-electron chi connectivity index (χ0n) is 12.3. The van der Waals surface area contributed by atoms with Gasteiger partial charge in [0.25, 0.3) is 5.91 Å². The molecule has 0 unspecified atom stereocenters. The van der Waals surface area contributed by atoms with Gasteiger partial charge in [0.05, 0.1) is 4.47 Å². The topological polar surface area (TPSA) is 67.4 Å². The van der Waals surface area contributed by atoms with Crippen LogP contribution in [0.4, 0.5) is 9.18 Å². The maximum absolute atomic E-state index is 12.9. The summed E-state index contributed by atoms with van der Waals surface area (Å²) >= 11 is 3.41. The fraction of sp³-hybridized carbons (Fsp3) is 0.0588. The fourth-order valence-corrected chi connectivity index (χ4v) is 2.63. The average molecular weight is 391 g/mol. The van der Waals surface area contributed by atoms with Gasteiger partial charge in [-0.05, 0) is 57.4 Å². The van der Waals surface area contributed by atoms with Gasteiger partial charge in [-0.3, -0.25) is 10.1 Å². The molecule has 2 aromatic rings. The fourth-order valence-electron chi connectivity index (χ4n) is 2.11. The minimum absolute atomic E-state index is 0.187. The molecule has 1 aliphatic heterocycles. The summed E-state index contributed by atoms with van der Waals surface area (Å²) in [7, 11) is 0. The van der Waals surface area contributed by atoms with E-state index in [1.807, 2.05) is 0 Å². The smallest absolute Gasteiger partial charge is 0.326 e. The van der Waals surface area contributed by atoms with Crippen LogP contribution in [0.3, 0.4) is 0 Å². The molecule has 1 heterocycles. The van der Waals surface area contributed by atoms with E-state index in [1.165, 1.54) is 12.1 Å². The number of imide groups is 1. The standard InChI is InChI=1S/C17H12BrFN2O3/c18-13-7-11(8-14-16(22)21-17(23)20-14)3-6-15(13)24-9-10-1-4-12(19)5-2-10/h1-8H,9H2,(H2,20,21,22,23)/b14-8-. The Morgan fingerprint density at radius 3 is 2.46 bits per heavy atom. The van der Waals surface area contributed by atoms with Gasteiger partial charge in [0.2, 0.25) is 0 Å². The Hall–Kier alpha value is -2.67. The van der Waals surface area contributed by atoms with Gasteiger partial charge in [0.15, 0.2) is 0 Å². The second-order valence-electron chi connectivity index (χ2n) is 5.07. The molecule has 0 saturated carbocycles. The van der Waals surface area contributed by atoms with Crippen molar-refractivity contribution >= 4 is 33.9 Å². The first-order valence-electron chi connectivity index (χ1n) is 7.02. The minimum Gasteiger partial charge on any atom is -0.488 e. The van der Waals surface area contributed by atoms with Crippen LogP contribution in [0.25, 0.3) is 6.08 Å². The number of amides is 3. The SMILES string of the molecule is O=C1NC(=O)/C(=C/c2ccc(OCc3ccc(F)cc3)c(Br)c2)N1. The summed E-state index contributed by atoms with van der Waals surface area (Å²) in [6.07, 6.45) is 1.56. The maximum atomic E-state index is 12.9. The van der Waals surface area contributed by atoms with E-state index in [2.05, 4.69) is 26.6 Å². The highest BCUT2D eigenvalue weighted by molar-refractivity contribution is 9.10. The van der Waals surface area contributed by atoms with Crippen LogP contribution in [0.5, 0.6) is 5.75 Å². The zero-order valence-corrected chi connectivity index (χ0v) is 13.9. The van der Waals surface area contributed by atoms with Crippen LogP contribution in [0, 0.1) is 5.82 Å². The van der Waals surface area contributed by atoms with Crippen LogP contribution in [-0.4, -0.2) is 11.9 Å². The molecule has 5 nitrogen and oxygen atoms in total. The molecule has 7 heteroatoms. The number of benzene rings is 2. The number of nitrogens with one attached hydrogen (secondary N) is 2. The van der Waals surface area contributed by atoms with Crippen molar-refractivity contribution in [1.29, 1.82) is 0 Å². The number of ether oxygens (including phenoxy) is 1. The summed E-state index contributed by atoms with van der Waals surface area (Å²) in [5.41, 5.74) is 1.76. The van der Waals surface area contributed by atoms with Crippen LogP contribution in [0.1, 0.15) is 11.1 Å². The lowest BCUT2D eigenvalue weighted by atomic mass is 10.2. The predicted molar refractivity (Wildman–Crippen MR) is 89.5 cm³/mol. The van der Waals surface area contributed by atoms with E-state index in [0.717, 1.165) is 11.1 Å². The molecule has 0 spiro atoms. The Morgan fingerprint density at radius 1 is 1.08 bits per heavy atom. The normalized spacial score (nSPS) is 15.3. The molecule has 2 aromatic carbocycles. The van der Waals surface area contributed by atoms with Crippen LogP contribution >= 0.6 is 15.9 Å². The van der Waals surface area contributed by atoms with Crippen LogP contribution in [0.15, 0.2) is 52.6 Å². The Morgan fingerprint density at radius 2 is 1.83 bits per heavy atom. The van der Waals surface area contributed by atoms with E-state index in [1.54, 1.807) is 36.4 Å². The second-order valence-corrected chi connectivity index (χ2v) is 5.93. The molecule has 0 aliphatic carbocycles. The third-order valence-corrected chi connectivity index (χ3v) is 3.91. The average Bonchev–Trinajstić information content (AvgIpc) is 2.86. The zero-order chi connectivity index (χ0) is 17.1. The number of hydrogen-bond donors (Lipinski definition) is 2. The lowest BCUT2D eigenvalue weighted by Gasteiger charge is -2.09. The van der Waals surface area contributed by atoms with E-state index in [-0.39, 0.29) is 11.5 Å². The molecule has 24 heavy (non-hydrogen) atoms. The first-order valence-corrected chi connectivity index (χ1v) is 7.81.